The minimum Gasteiger partial charge on any atom is -0.443 e. The average Bonchev–Trinajstić information content (AvgIpc) is 2.75. The molecule has 2 rings (SSSR count). The molecule has 114 valence electrons. The molecule has 0 spiro atoms. The lowest BCUT2D eigenvalue weighted by molar-refractivity contribution is 0.0540. The van der Waals surface area contributed by atoms with Crippen LogP contribution in [-0.2, 0) is 11.2 Å². The SMILES string of the molecule is CC(C)(C)OC(=O)n1c(CCCCO)cc2cnccc21. The van der Waals surface area contributed by atoms with Gasteiger partial charge in [-0.25, -0.2) is 9.36 Å². The summed E-state index contributed by atoms with van der Waals surface area (Å²) >= 11 is 0. The Morgan fingerprint density at radius 3 is 2.81 bits per heavy atom. The summed E-state index contributed by atoms with van der Waals surface area (Å²) in [5.41, 5.74) is 1.15. The molecule has 0 aromatic carbocycles. The lowest BCUT2D eigenvalue weighted by atomic mass is 10.2. The number of unbranched alkanes of at least 4 members (excludes halogenated alkanes) is 1. The highest BCUT2D eigenvalue weighted by Crippen LogP contribution is 2.22. The van der Waals surface area contributed by atoms with E-state index in [9.17, 15) is 4.79 Å². The number of aliphatic hydroxyl groups excluding tert-OH is 1. The second-order valence-electron chi connectivity index (χ2n) is 6.07. The number of hydrogen-bond acceptors (Lipinski definition) is 4. The quantitative estimate of drug-likeness (QED) is 0.879. The number of fused-ring (bicyclic) bond motifs is 1. The van der Waals surface area contributed by atoms with E-state index in [1.807, 2.05) is 32.9 Å². The van der Waals surface area contributed by atoms with Crippen LogP contribution < -0.4 is 0 Å². The first kappa shape index (κ1) is 15.5. The van der Waals surface area contributed by atoms with Crippen LogP contribution in [0, 0.1) is 0 Å². The van der Waals surface area contributed by atoms with Crippen molar-refractivity contribution in [1.29, 1.82) is 0 Å². The van der Waals surface area contributed by atoms with Gasteiger partial charge in [-0.2, -0.15) is 0 Å². The highest BCUT2D eigenvalue weighted by molar-refractivity contribution is 5.90. The molecule has 0 aliphatic heterocycles. The summed E-state index contributed by atoms with van der Waals surface area (Å²) < 4.78 is 7.10. The van der Waals surface area contributed by atoms with Gasteiger partial charge in [0, 0.05) is 30.1 Å². The molecule has 1 N–H and O–H groups in total. The third kappa shape index (κ3) is 3.82. The van der Waals surface area contributed by atoms with Gasteiger partial charge in [0.25, 0.3) is 0 Å². The van der Waals surface area contributed by atoms with Gasteiger partial charge in [0.05, 0.1) is 5.52 Å². The molecule has 0 saturated carbocycles. The van der Waals surface area contributed by atoms with Crippen LogP contribution in [0.5, 0.6) is 0 Å². The Labute approximate surface area is 124 Å². The fraction of sp³-hybridized carbons (Fsp3) is 0.500. The normalized spacial score (nSPS) is 11.8. The Morgan fingerprint density at radius 1 is 1.38 bits per heavy atom. The van der Waals surface area contributed by atoms with Gasteiger partial charge in [0.1, 0.15) is 5.60 Å². The van der Waals surface area contributed by atoms with Crippen LogP contribution in [-0.4, -0.2) is 33.0 Å². The van der Waals surface area contributed by atoms with E-state index in [4.69, 9.17) is 9.84 Å². The van der Waals surface area contributed by atoms with Crippen molar-refractivity contribution in [3.63, 3.8) is 0 Å². The van der Waals surface area contributed by atoms with E-state index < -0.39 is 5.60 Å². The van der Waals surface area contributed by atoms with Crippen molar-refractivity contribution in [3.8, 4) is 0 Å². The van der Waals surface area contributed by atoms with Crippen molar-refractivity contribution in [2.45, 2.75) is 45.6 Å². The van der Waals surface area contributed by atoms with Crippen LogP contribution in [0.3, 0.4) is 0 Å². The minimum absolute atomic E-state index is 0.161. The van der Waals surface area contributed by atoms with Crippen LogP contribution in [0.25, 0.3) is 10.9 Å². The smallest absolute Gasteiger partial charge is 0.419 e. The first-order valence-electron chi connectivity index (χ1n) is 7.21. The molecule has 0 radical (unpaired) electrons. The van der Waals surface area contributed by atoms with Gasteiger partial charge in [0.15, 0.2) is 0 Å². The molecule has 21 heavy (non-hydrogen) atoms. The topological polar surface area (TPSA) is 64.3 Å². The zero-order chi connectivity index (χ0) is 15.5. The number of aromatic nitrogens is 2. The Bertz CT molecular complexity index is 626. The van der Waals surface area contributed by atoms with Gasteiger partial charge in [-0.3, -0.25) is 4.98 Å². The van der Waals surface area contributed by atoms with Gasteiger partial charge in [-0.15, -0.1) is 0 Å². The van der Waals surface area contributed by atoms with E-state index in [0.29, 0.717) is 12.8 Å². The van der Waals surface area contributed by atoms with Crippen LogP contribution >= 0.6 is 0 Å². The maximum absolute atomic E-state index is 12.5. The maximum atomic E-state index is 12.5. The third-order valence-corrected chi connectivity index (χ3v) is 3.10. The Kier molecular flexibility index (Phi) is 4.63. The number of hydrogen-bond donors (Lipinski definition) is 1. The van der Waals surface area contributed by atoms with E-state index in [2.05, 4.69) is 4.98 Å². The largest absolute Gasteiger partial charge is 0.443 e. The molecule has 5 heteroatoms. The van der Waals surface area contributed by atoms with Crippen molar-refractivity contribution >= 4 is 17.0 Å². The van der Waals surface area contributed by atoms with E-state index >= 15 is 0 Å². The van der Waals surface area contributed by atoms with Crippen LogP contribution in [0.1, 0.15) is 39.3 Å². The Hall–Kier alpha value is -1.88. The average molecular weight is 290 g/mol. The summed E-state index contributed by atoms with van der Waals surface area (Å²) in [4.78, 5) is 16.6. The molecule has 0 amide bonds. The van der Waals surface area contributed by atoms with Crippen molar-refractivity contribution in [3.05, 3.63) is 30.2 Å². The zero-order valence-corrected chi connectivity index (χ0v) is 12.8. The monoisotopic (exact) mass is 290 g/mol. The number of aliphatic hydroxyl groups is 1. The highest BCUT2D eigenvalue weighted by Gasteiger charge is 2.21. The fourth-order valence-corrected chi connectivity index (χ4v) is 2.24. The van der Waals surface area contributed by atoms with Gasteiger partial charge in [-0.1, -0.05) is 0 Å². The molecule has 5 nitrogen and oxygen atoms in total. The van der Waals surface area contributed by atoms with Crippen LogP contribution in [0.15, 0.2) is 24.5 Å². The number of carbonyl (C=O) groups is 1. The lowest BCUT2D eigenvalue weighted by Crippen LogP contribution is -2.28. The summed E-state index contributed by atoms with van der Waals surface area (Å²) in [6.07, 6.45) is 5.29. The van der Waals surface area contributed by atoms with Gasteiger partial charge >= 0.3 is 6.09 Å². The van der Waals surface area contributed by atoms with Crippen molar-refractivity contribution in [2.75, 3.05) is 6.61 Å². The minimum atomic E-state index is -0.539. The molecule has 0 fully saturated rings. The number of aryl methyl sites for hydroxylation is 1. The van der Waals surface area contributed by atoms with E-state index in [1.54, 1.807) is 17.0 Å². The molecule has 0 saturated heterocycles. The number of carbonyl (C=O) groups excluding carboxylic acids is 1. The van der Waals surface area contributed by atoms with Crippen LogP contribution in [0.4, 0.5) is 4.79 Å². The number of ether oxygens (including phenoxy) is 1. The number of rotatable bonds is 4. The molecule has 2 aromatic heterocycles. The second-order valence-corrected chi connectivity index (χ2v) is 6.07. The molecule has 0 aliphatic rings. The molecule has 0 aliphatic carbocycles. The van der Waals surface area contributed by atoms with Crippen molar-refractivity contribution < 1.29 is 14.6 Å². The Balaban J connectivity index is 2.37. The molecule has 2 aromatic rings. The third-order valence-electron chi connectivity index (χ3n) is 3.10. The fourth-order valence-electron chi connectivity index (χ4n) is 2.24. The maximum Gasteiger partial charge on any atom is 0.419 e. The van der Waals surface area contributed by atoms with E-state index in [0.717, 1.165) is 23.0 Å². The van der Waals surface area contributed by atoms with E-state index in [-0.39, 0.29) is 12.7 Å². The standard InChI is InChI=1S/C16H22N2O3/c1-16(2,3)21-15(20)18-13(6-4-5-9-19)10-12-11-17-8-7-14(12)18/h7-8,10-11,19H,4-6,9H2,1-3H3. The molecule has 0 atom stereocenters. The summed E-state index contributed by atoms with van der Waals surface area (Å²) in [5.74, 6) is 0. The van der Waals surface area contributed by atoms with E-state index in [1.165, 1.54) is 0 Å². The molecular weight excluding hydrogens is 268 g/mol. The summed E-state index contributed by atoms with van der Waals surface area (Å²) in [5, 5.41) is 9.83. The zero-order valence-electron chi connectivity index (χ0n) is 12.8. The molecule has 0 bridgehead atoms. The van der Waals surface area contributed by atoms with Crippen molar-refractivity contribution in [2.24, 2.45) is 0 Å². The number of nitrogens with zero attached hydrogens (tertiary/aromatic N) is 2. The predicted molar refractivity (Wildman–Crippen MR) is 81.4 cm³/mol. The molecule has 2 heterocycles. The Morgan fingerprint density at radius 2 is 2.14 bits per heavy atom. The predicted octanol–water partition coefficient (Wildman–Crippen LogP) is 3.13. The second kappa shape index (κ2) is 6.26. The lowest BCUT2D eigenvalue weighted by Gasteiger charge is -2.21. The highest BCUT2D eigenvalue weighted by atomic mass is 16.6. The summed E-state index contributed by atoms with van der Waals surface area (Å²) in [6, 6.07) is 3.78. The first-order valence-corrected chi connectivity index (χ1v) is 7.21. The molecule has 0 unspecified atom stereocenters. The number of pyridine rings is 1. The van der Waals surface area contributed by atoms with Crippen molar-refractivity contribution in [1.82, 2.24) is 9.55 Å². The van der Waals surface area contributed by atoms with Gasteiger partial charge < -0.3 is 9.84 Å². The summed E-state index contributed by atoms with van der Waals surface area (Å²) in [6.45, 7) is 5.71. The first-order chi connectivity index (χ1) is 9.92. The molecular formula is C16H22N2O3. The summed E-state index contributed by atoms with van der Waals surface area (Å²) in [7, 11) is 0. The van der Waals surface area contributed by atoms with Gasteiger partial charge in [-0.05, 0) is 52.2 Å². The van der Waals surface area contributed by atoms with Crippen LogP contribution in [0.2, 0.25) is 0 Å². The van der Waals surface area contributed by atoms with Gasteiger partial charge in [0.2, 0.25) is 0 Å².